The zero-order valence-electron chi connectivity index (χ0n) is 28.1. The minimum absolute atomic E-state index is 1.25. The third kappa shape index (κ3) is 3.54. The van der Waals surface area contributed by atoms with E-state index in [0.29, 0.717) is 0 Å². The summed E-state index contributed by atoms with van der Waals surface area (Å²) in [7, 11) is 0. The second-order valence-electron chi connectivity index (χ2n) is 14.4. The van der Waals surface area contributed by atoms with Crippen molar-refractivity contribution < 1.29 is 0 Å². The van der Waals surface area contributed by atoms with Gasteiger partial charge in [-0.1, -0.05) is 152 Å². The van der Waals surface area contributed by atoms with Crippen LogP contribution in [-0.4, -0.2) is 0 Å². The monoisotopic (exact) mass is 642 g/mol. The lowest BCUT2D eigenvalue weighted by Crippen LogP contribution is -1.95. The van der Waals surface area contributed by atoms with Crippen LogP contribution >= 0.6 is 0 Å². The highest BCUT2D eigenvalue weighted by Gasteiger charge is 2.31. The molecule has 0 heterocycles. The van der Waals surface area contributed by atoms with Gasteiger partial charge >= 0.3 is 0 Å². The van der Waals surface area contributed by atoms with Crippen molar-refractivity contribution in [2.75, 3.05) is 0 Å². The summed E-state index contributed by atoms with van der Waals surface area (Å²) in [6.07, 6.45) is 0. The summed E-state index contributed by atoms with van der Waals surface area (Å²) >= 11 is 0. The number of aryl methyl sites for hydroxylation is 1. The van der Waals surface area contributed by atoms with Gasteiger partial charge < -0.3 is 0 Å². The van der Waals surface area contributed by atoms with Gasteiger partial charge in [0.25, 0.3) is 0 Å². The maximum Gasteiger partial charge on any atom is -0.000719 e. The lowest BCUT2D eigenvalue weighted by atomic mass is 9.80. The molecule has 0 radical (unpaired) electrons. The molecule has 2 aliphatic rings. The molecule has 0 aromatic heterocycles. The van der Waals surface area contributed by atoms with E-state index in [1.54, 1.807) is 0 Å². The van der Waals surface area contributed by atoms with Gasteiger partial charge in [0.2, 0.25) is 0 Å². The Bertz CT molecular complexity index is 3160. The quantitative estimate of drug-likeness (QED) is 0.165. The maximum atomic E-state index is 2.48. The van der Waals surface area contributed by atoms with E-state index in [4.69, 9.17) is 0 Å². The van der Waals surface area contributed by atoms with Crippen LogP contribution in [0.3, 0.4) is 0 Å². The van der Waals surface area contributed by atoms with Gasteiger partial charge in [0.05, 0.1) is 0 Å². The van der Waals surface area contributed by atoms with Crippen LogP contribution in [0.15, 0.2) is 164 Å². The van der Waals surface area contributed by atoms with Gasteiger partial charge in [-0.05, 0) is 145 Å². The van der Waals surface area contributed by atoms with Crippen molar-refractivity contribution in [3.05, 3.63) is 169 Å². The topological polar surface area (TPSA) is 0 Å². The molecule has 0 heteroatoms. The molecule has 12 rings (SSSR count). The molecule has 51 heavy (non-hydrogen) atoms. The normalized spacial score (nSPS) is 12.4. The van der Waals surface area contributed by atoms with Crippen LogP contribution in [0.25, 0.3) is 121 Å². The van der Waals surface area contributed by atoms with Crippen LogP contribution in [0, 0.1) is 6.92 Å². The Hall–Kier alpha value is -6.50. The standard InChI is InChI=1S/C51H30/c1-29-25-34-17-10-18-36-43-28-41-33(27-42(43)44(26-29)46(34)36)21-22-37-35(41)23-24-40-47(31-11-4-2-5-12-31)50-38-19-8-15-30-16-9-20-39(45(30)38)51(50)48(49(37)40)32-13-6-3-7-14-32/h2-28H,1H3. The highest BCUT2D eigenvalue weighted by atomic mass is 14.3. The molecule has 0 amide bonds. The summed E-state index contributed by atoms with van der Waals surface area (Å²) < 4.78 is 0. The highest BCUT2D eigenvalue weighted by molar-refractivity contribution is 6.33. The van der Waals surface area contributed by atoms with Gasteiger partial charge in [-0.15, -0.1) is 0 Å². The van der Waals surface area contributed by atoms with E-state index in [1.807, 2.05) is 0 Å². The van der Waals surface area contributed by atoms with Gasteiger partial charge in [-0.2, -0.15) is 0 Å². The predicted molar refractivity (Wildman–Crippen MR) is 218 cm³/mol. The van der Waals surface area contributed by atoms with Crippen LogP contribution in [0.5, 0.6) is 0 Å². The Kier molecular flexibility index (Phi) is 5.26. The minimum Gasteiger partial charge on any atom is -0.0622 e. The van der Waals surface area contributed by atoms with Crippen LogP contribution < -0.4 is 0 Å². The number of hydrogen-bond donors (Lipinski definition) is 0. The van der Waals surface area contributed by atoms with Crippen LogP contribution in [0.1, 0.15) is 5.56 Å². The molecule has 0 saturated carbocycles. The molecular weight excluding hydrogens is 613 g/mol. The van der Waals surface area contributed by atoms with Crippen molar-refractivity contribution in [3.8, 4) is 66.8 Å². The number of benzene rings is 10. The first-order chi connectivity index (χ1) is 25.2. The predicted octanol–water partition coefficient (Wildman–Crippen LogP) is 14.4. The first-order valence-corrected chi connectivity index (χ1v) is 17.9. The van der Waals surface area contributed by atoms with Crippen molar-refractivity contribution in [2.45, 2.75) is 6.92 Å². The smallest absolute Gasteiger partial charge is 0.000719 e. The van der Waals surface area contributed by atoms with Gasteiger partial charge in [0, 0.05) is 0 Å². The summed E-state index contributed by atoms with van der Waals surface area (Å²) in [6.45, 7) is 2.21. The molecular formula is C51H30. The zero-order valence-corrected chi connectivity index (χ0v) is 28.1. The zero-order chi connectivity index (χ0) is 33.4. The SMILES string of the molecule is Cc1cc2c3c(cccc3c1)-c1cc3c(ccc4c3ccc3c(-c5ccccc5)c5c(c(-c6ccccc6)c34)-c3cccc4cccc-5c34)cc1-2. The van der Waals surface area contributed by atoms with Crippen molar-refractivity contribution in [1.82, 2.24) is 0 Å². The van der Waals surface area contributed by atoms with Crippen molar-refractivity contribution in [3.63, 3.8) is 0 Å². The Balaban J connectivity index is 1.27. The average molecular weight is 643 g/mol. The van der Waals surface area contributed by atoms with Crippen molar-refractivity contribution in [1.29, 1.82) is 0 Å². The van der Waals surface area contributed by atoms with Gasteiger partial charge in [0.1, 0.15) is 0 Å². The molecule has 10 aromatic rings. The Morgan fingerprint density at radius 3 is 1.61 bits per heavy atom. The molecule has 10 aromatic carbocycles. The van der Waals surface area contributed by atoms with E-state index in [-0.39, 0.29) is 0 Å². The first-order valence-electron chi connectivity index (χ1n) is 17.9. The van der Waals surface area contributed by atoms with Crippen LogP contribution in [-0.2, 0) is 0 Å². The minimum atomic E-state index is 1.25. The van der Waals surface area contributed by atoms with Gasteiger partial charge in [-0.3, -0.25) is 0 Å². The fourth-order valence-corrected chi connectivity index (χ4v) is 9.73. The van der Waals surface area contributed by atoms with Gasteiger partial charge in [0.15, 0.2) is 0 Å². The summed E-state index contributed by atoms with van der Waals surface area (Å²) in [5.41, 5.74) is 17.2. The molecule has 2 aliphatic carbocycles. The lowest BCUT2D eigenvalue weighted by molar-refractivity contribution is 1.51. The van der Waals surface area contributed by atoms with Crippen molar-refractivity contribution in [2.24, 2.45) is 0 Å². The number of fused-ring (bicyclic) bond motifs is 11. The summed E-state index contributed by atoms with van der Waals surface area (Å²) in [6, 6.07) is 61.8. The number of hydrogen-bond acceptors (Lipinski definition) is 0. The van der Waals surface area contributed by atoms with E-state index in [1.165, 1.54) is 126 Å². The third-order valence-corrected chi connectivity index (χ3v) is 11.7. The Morgan fingerprint density at radius 2 is 0.863 bits per heavy atom. The lowest BCUT2D eigenvalue weighted by Gasteiger charge is -2.22. The van der Waals surface area contributed by atoms with Gasteiger partial charge in [-0.25, -0.2) is 0 Å². The molecule has 0 spiro atoms. The molecule has 0 nitrogen and oxygen atoms in total. The van der Waals surface area contributed by atoms with Crippen LogP contribution in [0.2, 0.25) is 0 Å². The fraction of sp³-hybridized carbons (Fsp3) is 0.0196. The largest absolute Gasteiger partial charge is 0.0622 e. The molecule has 0 unspecified atom stereocenters. The average Bonchev–Trinajstić information content (AvgIpc) is 3.67. The third-order valence-electron chi connectivity index (χ3n) is 11.7. The molecule has 234 valence electrons. The molecule has 0 saturated heterocycles. The van der Waals surface area contributed by atoms with Crippen LogP contribution in [0.4, 0.5) is 0 Å². The Labute approximate surface area is 295 Å². The summed E-state index contributed by atoms with van der Waals surface area (Å²) in [5.74, 6) is 0. The molecule has 0 atom stereocenters. The molecule has 0 aliphatic heterocycles. The maximum absolute atomic E-state index is 2.48. The fourth-order valence-electron chi connectivity index (χ4n) is 9.73. The van der Waals surface area contributed by atoms with Crippen molar-refractivity contribution >= 4 is 53.9 Å². The first kappa shape index (κ1) is 27.3. The van der Waals surface area contributed by atoms with E-state index >= 15 is 0 Å². The second kappa shape index (κ2) is 9.81. The van der Waals surface area contributed by atoms with E-state index in [2.05, 4.69) is 171 Å². The van der Waals surface area contributed by atoms with E-state index in [9.17, 15) is 0 Å². The Morgan fingerprint density at radius 1 is 0.275 bits per heavy atom. The highest BCUT2D eigenvalue weighted by Crippen LogP contribution is 2.59. The summed E-state index contributed by atoms with van der Waals surface area (Å²) in [4.78, 5) is 0. The summed E-state index contributed by atoms with van der Waals surface area (Å²) in [5, 5.41) is 13.2. The number of rotatable bonds is 2. The van der Waals surface area contributed by atoms with E-state index < -0.39 is 0 Å². The second-order valence-corrected chi connectivity index (χ2v) is 14.4. The molecule has 0 fully saturated rings. The molecule has 0 bridgehead atoms. The molecule has 0 N–H and O–H groups in total. The van der Waals surface area contributed by atoms with E-state index in [0.717, 1.165) is 0 Å².